The van der Waals surface area contributed by atoms with Gasteiger partial charge in [-0.1, -0.05) is 38.1 Å². The van der Waals surface area contributed by atoms with Crippen molar-refractivity contribution in [2.75, 3.05) is 38.2 Å². The number of rotatable bonds is 7. The molecule has 1 fully saturated rings. The van der Waals surface area contributed by atoms with Crippen LogP contribution in [0.2, 0.25) is 0 Å². The molecule has 7 nitrogen and oxygen atoms in total. The fraction of sp³-hybridized carbons (Fsp3) is 0.481. The second kappa shape index (κ2) is 10.8. The number of likely N-dealkylation sites (tertiary alicyclic amines) is 1. The Labute approximate surface area is 202 Å². The summed E-state index contributed by atoms with van der Waals surface area (Å²) in [5, 5.41) is 3.20. The summed E-state index contributed by atoms with van der Waals surface area (Å²) in [4.78, 5) is 30.2. The smallest absolute Gasteiger partial charge is 0.265 e. The minimum absolute atomic E-state index is 0.0119. The summed E-state index contributed by atoms with van der Waals surface area (Å²) in [5.74, 6) is 1.57. The number of fused-ring (bicyclic) bond motifs is 1. The number of benzene rings is 2. The lowest BCUT2D eigenvalue weighted by Crippen LogP contribution is -2.53. The van der Waals surface area contributed by atoms with Crippen molar-refractivity contribution in [3.8, 4) is 11.5 Å². The summed E-state index contributed by atoms with van der Waals surface area (Å²) >= 11 is 0. The van der Waals surface area contributed by atoms with Gasteiger partial charge in [0.1, 0.15) is 11.5 Å². The number of hydrogen-bond donors (Lipinski definition) is 1. The highest BCUT2D eigenvalue weighted by Crippen LogP contribution is 2.34. The highest BCUT2D eigenvalue weighted by atomic mass is 16.5. The SMILES string of the molecule is COc1ccc(C(NC(=O)CN2CC(C(=O)N3CCCCC3)Oc3ccccc32)C(C)C)cc1. The van der Waals surface area contributed by atoms with Crippen LogP contribution < -0.4 is 19.7 Å². The number of carbonyl (C=O) groups excluding carboxylic acids is 2. The third-order valence-corrected chi connectivity index (χ3v) is 6.60. The maximum atomic E-state index is 13.2. The van der Waals surface area contributed by atoms with Gasteiger partial charge in [0, 0.05) is 13.1 Å². The number of carbonyl (C=O) groups is 2. The van der Waals surface area contributed by atoms with Gasteiger partial charge in [0.05, 0.1) is 31.9 Å². The fourth-order valence-corrected chi connectivity index (χ4v) is 4.74. The number of anilines is 1. The molecule has 4 rings (SSSR count). The molecule has 2 amide bonds. The van der Waals surface area contributed by atoms with E-state index in [9.17, 15) is 9.59 Å². The Kier molecular flexibility index (Phi) is 7.60. The van der Waals surface area contributed by atoms with Crippen molar-refractivity contribution < 1.29 is 19.1 Å². The Bertz CT molecular complexity index is 986. The van der Waals surface area contributed by atoms with Gasteiger partial charge < -0.3 is 24.6 Å². The quantitative estimate of drug-likeness (QED) is 0.674. The maximum absolute atomic E-state index is 13.2. The second-order valence-electron chi connectivity index (χ2n) is 9.40. The standard InChI is InChI=1S/C27H35N3O4/c1-19(2)26(20-11-13-21(33-3)14-12-20)28-25(31)18-30-17-24(27(32)29-15-7-4-8-16-29)34-23-10-6-5-9-22(23)30/h5-6,9-14,19,24,26H,4,7-8,15-18H2,1-3H3,(H,28,31). The zero-order valence-corrected chi connectivity index (χ0v) is 20.3. The van der Waals surface area contributed by atoms with Gasteiger partial charge in [-0.3, -0.25) is 9.59 Å². The summed E-state index contributed by atoms with van der Waals surface area (Å²) in [6, 6.07) is 15.3. The van der Waals surface area contributed by atoms with Crippen molar-refractivity contribution in [2.45, 2.75) is 45.3 Å². The van der Waals surface area contributed by atoms with E-state index in [-0.39, 0.29) is 30.3 Å². The number of amides is 2. The van der Waals surface area contributed by atoms with Gasteiger partial charge in [0.25, 0.3) is 5.91 Å². The van der Waals surface area contributed by atoms with E-state index >= 15 is 0 Å². The molecule has 1 saturated heterocycles. The number of piperidine rings is 1. The van der Waals surface area contributed by atoms with Crippen molar-refractivity contribution in [2.24, 2.45) is 5.92 Å². The molecule has 7 heteroatoms. The molecule has 2 aromatic carbocycles. The van der Waals surface area contributed by atoms with Crippen LogP contribution in [0, 0.1) is 5.92 Å². The Balaban J connectivity index is 1.47. The van der Waals surface area contributed by atoms with Crippen LogP contribution >= 0.6 is 0 Å². The molecule has 2 aliphatic heterocycles. The van der Waals surface area contributed by atoms with E-state index in [0.717, 1.165) is 49.4 Å². The molecule has 182 valence electrons. The number of para-hydroxylation sites is 2. The van der Waals surface area contributed by atoms with Crippen LogP contribution in [-0.2, 0) is 9.59 Å². The Morgan fingerprint density at radius 1 is 1.06 bits per heavy atom. The van der Waals surface area contributed by atoms with Crippen molar-refractivity contribution >= 4 is 17.5 Å². The lowest BCUT2D eigenvalue weighted by atomic mass is 9.96. The van der Waals surface area contributed by atoms with Gasteiger partial charge in [-0.05, 0) is 55.0 Å². The van der Waals surface area contributed by atoms with Gasteiger partial charge in [0.15, 0.2) is 6.10 Å². The molecule has 2 unspecified atom stereocenters. The first kappa shape index (κ1) is 23.9. The van der Waals surface area contributed by atoms with Crippen molar-refractivity contribution in [3.05, 3.63) is 54.1 Å². The summed E-state index contributed by atoms with van der Waals surface area (Å²) < 4.78 is 11.4. The van der Waals surface area contributed by atoms with Crippen molar-refractivity contribution in [3.63, 3.8) is 0 Å². The lowest BCUT2D eigenvalue weighted by Gasteiger charge is -2.38. The molecule has 2 aliphatic rings. The molecule has 2 atom stereocenters. The Morgan fingerprint density at radius 3 is 2.44 bits per heavy atom. The highest BCUT2D eigenvalue weighted by molar-refractivity contribution is 5.86. The number of methoxy groups -OCH3 is 1. The average Bonchev–Trinajstić information content (AvgIpc) is 2.87. The first-order chi connectivity index (χ1) is 16.5. The molecule has 1 N–H and O–H groups in total. The van der Waals surface area contributed by atoms with E-state index in [4.69, 9.17) is 9.47 Å². The summed E-state index contributed by atoms with van der Waals surface area (Å²) in [6.07, 6.45) is 2.62. The zero-order chi connectivity index (χ0) is 24.1. The molecule has 0 radical (unpaired) electrons. The molecule has 34 heavy (non-hydrogen) atoms. The van der Waals surface area contributed by atoms with Gasteiger partial charge >= 0.3 is 0 Å². The lowest BCUT2D eigenvalue weighted by molar-refractivity contribution is -0.139. The molecule has 0 aliphatic carbocycles. The second-order valence-corrected chi connectivity index (χ2v) is 9.40. The van der Waals surface area contributed by atoms with Crippen LogP contribution in [-0.4, -0.2) is 56.1 Å². The molecule has 0 saturated carbocycles. The normalized spacial score (nSPS) is 18.6. The van der Waals surface area contributed by atoms with E-state index in [2.05, 4.69) is 19.2 Å². The first-order valence-electron chi connectivity index (χ1n) is 12.2. The Hall–Kier alpha value is -3.22. The minimum atomic E-state index is -0.608. The zero-order valence-electron chi connectivity index (χ0n) is 20.3. The highest BCUT2D eigenvalue weighted by Gasteiger charge is 2.34. The molecule has 0 aromatic heterocycles. The van der Waals surface area contributed by atoms with Crippen LogP contribution in [0.3, 0.4) is 0 Å². The van der Waals surface area contributed by atoms with E-state index in [1.54, 1.807) is 7.11 Å². The summed E-state index contributed by atoms with van der Waals surface area (Å²) in [7, 11) is 1.64. The largest absolute Gasteiger partial charge is 0.497 e. The number of hydrogen-bond acceptors (Lipinski definition) is 5. The topological polar surface area (TPSA) is 71.1 Å². The van der Waals surface area contributed by atoms with Gasteiger partial charge in [-0.25, -0.2) is 0 Å². The van der Waals surface area contributed by atoms with Gasteiger partial charge in [-0.15, -0.1) is 0 Å². The first-order valence-corrected chi connectivity index (χ1v) is 12.2. The Morgan fingerprint density at radius 2 is 1.76 bits per heavy atom. The van der Waals surface area contributed by atoms with Crippen LogP contribution in [0.25, 0.3) is 0 Å². The predicted molar refractivity (Wildman–Crippen MR) is 132 cm³/mol. The summed E-state index contributed by atoms with van der Waals surface area (Å²) in [6.45, 7) is 6.24. The number of nitrogens with one attached hydrogen (secondary N) is 1. The third-order valence-electron chi connectivity index (χ3n) is 6.60. The average molecular weight is 466 g/mol. The molecule has 2 aromatic rings. The molecule has 0 spiro atoms. The molecular weight excluding hydrogens is 430 g/mol. The number of ether oxygens (including phenoxy) is 2. The van der Waals surface area contributed by atoms with E-state index < -0.39 is 6.10 Å². The molecule has 2 heterocycles. The van der Waals surface area contributed by atoms with Crippen molar-refractivity contribution in [1.29, 1.82) is 0 Å². The third kappa shape index (κ3) is 5.46. The predicted octanol–water partition coefficient (Wildman–Crippen LogP) is 3.79. The summed E-state index contributed by atoms with van der Waals surface area (Å²) in [5.41, 5.74) is 1.87. The maximum Gasteiger partial charge on any atom is 0.265 e. The van der Waals surface area contributed by atoms with Gasteiger partial charge in [0.2, 0.25) is 5.91 Å². The van der Waals surface area contributed by atoms with Gasteiger partial charge in [-0.2, -0.15) is 0 Å². The minimum Gasteiger partial charge on any atom is -0.497 e. The number of nitrogens with zero attached hydrogens (tertiary/aromatic N) is 2. The molecular formula is C27H35N3O4. The van der Waals surface area contributed by atoms with Crippen LogP contribution in [0.5, 0.6) is 11.5 Å². The van der Waals surface area contributed by atoms with Crippen LogP contribution in [0.15, 0.2) is 48.5 Å². The fourth-order valence-electron chi connectivity index (χ4n) is 4.74. The molecule has 0 bridgehead atoms. The van der Waals surface area contributed by atoms with Crippen LogP contribution in [0.4, 0.5) is 5.69 Å². The van der Waals surface area contributed by atoms with E-state index in [1.807, 2.05) is 58.3 Å². The van der Waals surface area contributed by atoms with E-state index in [1.165, 1.54) is 0 Å². The van der Waals surface area contributed by atoms with Crippen LogP contribution in [0.1, 0.15) is 44.7 Å². The monoisotopic (exact) mass is 465 g/mol. The van der Waals surface area contributed by atoms with E-state index in [0.29, 0.717) is 12.3 Å². The van der Waals surface area contributed by atoms with Crippen molar-refractivity contribution in [1.82, 2.24) is 10.2 Å².